The summed E-state index contributed by atoms with van der Waals surface area (Å²) >= 11 is 0. The Balaban J connectivity index is 2.24. The lowest BCUT2D eigenvalue weighted by molar-refractivity contribution is -0.118. The molecule has 1 saturated heterocycles. The van der Waals surface area contributed by atoms with Crippen LogP contribution in [0.5, 0.6) is 0 Å². The van der Waals surface area contributed by atoms with Crippen LogP contribution in [0.25, 0.3) is 0 Å². The van der Waals surface area contributed by atoms with Crippen LogP contribution < -0.4 is 11.5 Å². The first-order chi connectivity index (χ1) is 5.22. The number of carbonyl (C=O) groups is 1. The van der Waals surface area contributed by atoms with E-state index in [1.165, 1.54) is 0 Å². The van der Waals surface area contributed by atoms with E-state index in [-0.39, 0.29) is 5.91 Å². The van der Waals surface area contributed by atoms with Crippen LogP contribution in [0.3, 0.4) is 0 Å². The second-order valence-corrected chi connectivity index (χ2v) is 3.09. The molecule has 1 atom stereocenters. The van der Waals surface area contributed by atoms with Crippen molar-refractivity contribution in [2.45, 2.75) is 6.42 Å². The molecule has 1 fully saturated rings. The number of likely N-dealkylation sites (tertiary alicyclic amines) is 1. The van der Waals surface area contributed by atoms with Crippen molar-refractivity contribution in [2.24, 2.45) is 17.4 Å². The molecule has 0 aliphatic carbocycles. The molecule has 0 saturated carbocycles. The van der Waals surface area contributed by atoms with E-state index in [0.29, 0.717) is 12.5 Å². The molecule has 1 unspecified atom stereocenters. The Morgan fingerprint density at radius 1 is 1.64 bits per heavy atom. The molecular formula is C7H15N3O. The van der Waals surface area contributed by atoms with Crippen molar-refractivity contribution in [1.29, 1.82) is 0 Å². The average Bonchev–Trinajstić information content (AvgIpc) is 2.34. The van der Waals surface area contributed by atoms with Crippen LogP contribution in [0, 0.1) is 5.92 Å². The van der Waals surface area contributed by atoms with Gasteiger partial charge in [-0.3, -0.25) is 9.69 Å². The third kappa shape index (κ3) is 2.48. The van der Waals surface area contributed by atoms with Crippen LogP contribution in [0.2, 0.25) is 0 Å². The number of carbonyl (C=O) groups excluding carboxylic acids is 1. The third-order valence-electron chi connectivity index (χ3n) is 2.08. The van der Waals surface area contributed by atoms with Gasteiger partial charge in [-0.2, -0.15) is 0 Å². The van der Waals surface area contributed by atoms with Crippen molar-refractivity contribution in [3.05, 3.63) is 0 Å². The number of hydrogen-bond donors (Lipinski definition) is 2. The minimum absolute atomic E-state index is 0.248. The summed E-state index contributed by atoms with van der Waals surface area (Å²) in [6, 6.07) is 0. The fourth-order valence-electron chi connectivity index (χ4n) is 1.47. The van der Waals surface area contributed by atoms with Crippen molar-refractivity contribution in [3.63, 3.8) is 0 Å². The molecule has 0 aromatic rings. The lowest BCUT2D eigenvalue weighted by atomic mass is 10.1. The predicted octanol–water partition coefficient (Wildman–Crippen LogP) is -1.25. The monoisotopic (exact) mass is 157 g/mol. The molecule has 64 valence electrons. The fraction of sp³-hybridized carbons (Fsp3) is 0.857. The molecule has 1 heterocycles. The quantitative estimate of drug-likeness (QED) is 0.538. The van der Waals surface area contributed by atoms with E-state index in [1.54, 1.807) is 0 Å². The van der Waals surface area contributed by atoms with E-state index in [0.717, 1.165) is 26.1 Å². The normalized spacial score (nSPS) is 25.7. The molecule has 1 rings (SSSR count). The van der Waals surface area contributed by atoms with E-state index < -0.39 is 0 Å². The molecule has 1 aliphatic rings. The van der Waals surface area contributed by atoms with Crippen LogP contribution >= 0.6 is 0 Å². The number of rotatable bonds is 3. The van der Waals surface area contributed by atoms with Crippen molar-refractivity contribution < 1.29 is 4.79 Å². The number of amides is 1. The standard InChI is InChI=1S/C7H15N3O/c8-3-6-1-2-10(4-6)5-7(9)11/h6H,1-5,8H2,(H2,9,11). The number of hydrogen-bond acceptors (Lipinski definition) is 3. The molecular weight excluding hydrogens is 142 g/mol. The highest BCUT2D eigenvalue weighted by molar-refractivity contribution is 5.75. The largest absolute Gasteiger partial charge is 0.369 e. The van der Waals surface area contributed by atoms with Crippen molar-refractivity contribution in [2.75, 3.05) is 26.2 Å². The SMILES string of the molecule is NCC1CCN(CC(N)=O)C1. The summed E-state index contributed by atoms with van der Waals surface area (Å²) in [4.78, 5) is 12.6. The molecule has 0 spiro atoms. The van der Waals surface area contributed by atoms with Gasteiger partial charge >= 0.3 is 0 Å². The van der Waals surface area contributed by atoms with Gasteiger partial charge in [-0.1, -0.05) is 0 Å². The van der Waals surface area contributed by atoms with Crippen molar-refractivity contribution >= 4 is 5.91 Å². The van der Waals surface area contributed by atoms with E-state index >= 15 is 0 Å². The summed E-state index contributed by atoms with van der Waals surface area (Å²) in [5.41, 5.74) is 10.5. The molecule has 4 heteroatoms. The predicted molar refractivity (Wildman–Crippen MR) is 42.8 cm³/mol. The zero-order chi connectivity index (χ0) is 8.27. The minimum Gasteiger partial charge on any atom is -0.369 e. The Morgan fingerprint density at radius 2 is 2.36 bits per heavy atom. The topological polar surface area (TPSA) is 72.3 Å². The first-order valence-corrected chi connectivity index (χ1v) is 3.93. The summed E-state index contributed by atoms with van der Waals surface area (Å²) in [5.74, 6) is 0.317. The van der Waals surface area contributed by atoms with Crippen LogP contribution in [0.1, 0.15) is 6.42 Å². The van der Waals surface area contributed by atoms with Crippen LogP contribution in [-0.4, -0.2) is 37.0 Å². The van der Waals surface area contributed by atoms with Crippen molar-refractivity contribution in [3.8, 4) is 0 Å². The van der Waals surface area contributed by atoms with Gasteiger partial charge in [-0.15, -0.1) is 0 Å². The first kappa shape index (κ1) is 8.49. The molecule has 0 radical (unpaired) electrons. The maximum Gasteiger partial charge on any atom is 0.231 e. The molecule has 11 heavy (non-hydrogen) atoms. The maximum atomic E-state index is 10.5. The highest BCUT2D eigenvalue weighted by atomic mass is 16.1. The van der Waals surface area contributed by atoms with E-state index in [1.807, 2.05) is 0 Å². The zero-order valence-electron chi connectivity index (χ0n) is 6.62. The van der Waals surface area contributed by atoms with E-state index in [9.17, 15) is 4.79 Å². The maximum absolute atomic E-state index is 10.5. The Kier molecular flexibility index (Phi) is 2.84. The van der Waals surface area contributed by atoms with E-state index in [2.05, 4.69) is 4.90 Å². The Labute approximate surface area is 66.5 Å². The smallest absolute Gasteiger partial charge is 0.231 e. The molecule has 0 aromatic heterocycles. The zero-order valence-corrected chi connectivity index (χ0v) is 6.62. The van der Waals surface area contributed by atoms with Gasteiger partial charge in [0.2, 0.25) is 5.91 Å². The van der Waals surface area contributed by atoms with Gasteiger partial charge in [-0.25, -0.2) is 0 Å². The lowest BCUT2D eigenvalue weighted by Crippen LogP contribution is -2.32. The summed E-state index contributed by atoms with van der Waals surface area (Å²) in [7, 11) is 0. The molecule has 1 amide bonds. The van der Waals surface area contributed by atoms with Gasteiger partial charge in [0.1, 0.15) is 0 Å². The summed E-state index contributed by atoms with van der Waals surface area (Å²) in [5, 5.41) is 0. The summed E-state index contributed by atoms with van der Waals surface area (Å²) in [6.07, 6.45) is 1.10. The first-order valence-electron chi connectivity index (χ1n) is 3.93. The van der Waals surface area contributed by atoms with Gasteiger partial charge < -0.3 is 11.5 Å². The second-order valence-electron chi connectivity index (χ2n) is 3.09. The molecule has 4 N–H and O–H groups in total. The molecule has 0 aromatic carbocycles. The summed E-state index contributed by atoms with van der Waals surface area (Å²) in [6.45, 7) is 3.00. The van der Waals surface area contributed by atoms with Gasteiger partial charge in [0.05, 0.1) is 6.54 Å². The second kappa shape index (κ2) is 3.69. The minimum atomic E-state index is -0.248. The number of nitrogens with zero attached hydrogens (tertiary/aromatic N) is 1. The molecule has 0 bridgehead atoms. The summed E-state index contributed by atoms with van der Waals surface area (Å²) < 4.78 is 0. The van der Waals surface area contributed by atoms with Crippen molar-refractivity contribution in [1.82, 2.24) is 4.90 Å². The Morgan fingerprint density at radius 3 is 2.82 bits per heavy atom. The lowest BCUT2D eigenvalue weighted by Gasteiger charge is -2.12. The third-order valence-corrected chi connectivity index (χ3v) is 2.08. The van der Waals surface area contributed by atoms with Crippen LogP contribution in [0.4, 0.5) is 0 Å². The Bertz CT molecular complexity index is 149. The highest BCUT2D eigenvalue weighted by Crippen LogP contribution is 2.13. The fourth-order valence-corrected chi connectivity index (χ4v) is 1.47. The van der Waals surface area contributed by atoms with E-state index in [4.69, 9.17) is 11.5 Å². The number of primary amides is 1. The molecule has 4 nitrogen and oxygen atoms in total. The van der Waals surface area contributed by atoms with Gasteiger partial charge in [0.15, 0.2) is 0 Å². The molecule has 1 aliphatic heterocycles. The Hall–Kier alpha value is -0.610. The van der Waals surface area contributed by atoms with Crippen LogP contribution in [-0.2, 0) is 4.79 Å². The van der Waals surface area contributed by atoms with Gasteiger partial charge in [-0.05, 0) is 25.4 Å². The number of nitrogens with two attached hydrogens (primary N) is 2. The highest BCUT2D eigenvalue weighted by Gasteiger charge is 2.21. The van der Waals surface area contributed by atoms with Gasteiger partial charge in [0.25, 0.3) is 0 Å². The van der Waals surface area contributed by atoms with Crippen LogP contribution in [0.15, 0.2) is 0 Å². The average molecular weight is 157 g/mol. The van der Waals surface area contributed by atoms with Gasteiger partial charge in [0, 0.05) is 6.54 Å².